The van der Waals surface area contributed by atoms with Crippen molar-refractivity contribution in [2.24, 2.45) is 0 Å². The van der Waals surface area contributed by atoms with E-state index < -0.39 is 29.1 Å². The number of carbonyl (C=O) groups excluding carboxylic acids is 2. The molecule has 2 amide bonds. The van der Waals surface area contributed by atoms with Gasteiger partial charge in [-0.05, 0) is 52.3 Å². The first kappa shape index (κ1) is 23.4. The first-order valence-corrected chi connectivity index (χ1v) is 10.4. The molecule has 0 bridgehead atoms. The molecule has 0 unspecified atom stereocenters. The van der Waals surface area contributed by atoms with Gasteiger partial charge < -0.3 is 20.8 Å². The quantitative estimate of drug-likeness (QED) is 0.280. The number of hydrogen-bond acceptors (Lipinski definition) is 7. The number of aromatic amines is 1. The highest BCUT2D eigenvalue weighted by molar-refractivity contribution is 9.10. The van der Waals surface area contributed by atoms with Crippen LogP contribution in [0.4, 0.5) is 30.4 Å². The Bertz CT molecular complexity index is 1210. The van der Waals surface area contributed by atoms with Crippen molar-refractivity contribution in [3.05, 3.63) is 62.7 Å². The number of halogens is 4. The molecule has 5 N–H and O–H groups in total. The van der Waals surface area contributed by atoms with Crippen molar-refractivity contribution in [1.29, 1.82) is 0 Å². The average molecular weight is 532 g/mol. The fourth-order valence-electron chi connectivity index (χ4n) is 2.34. The van der Waals surface area contributed by atoms with Gasteiger partial charge in [0.1, 0.15) is 0 Å². The highest BCUT2D eigenvalue weighted by Crippen LogP contribution is 2.30. The third-order valence-corrected chi connectivity index (χ3v) is 5.10. The third kappa shape index (κ3) is 5.91. The summed E-state index contributed by atoms with van der Waals surface area (Å²) in [5.41, 5.74) is 4.04. The Morgan fingerprint density at radius 2 is 1.84 bits per heavy atom. The van der Waals surface area contributed by atoms with Gasteiger partial charge in [-0.3, -0.25) is 19.4 Å². The Hall–Kier alpha value is -3.26. The zero-order valence-electron chi connectivity index (χ0n) is 15.7. The van der Waals surface area contributed by atoms with Crippen LogP contribution < -0.4 is 21.9 Å². The van der Waals surface area contributed by atoms with Gasteiger partial charge in [0, 0.05) is 5.69 Å². The molecule has 0 atom stereocenters. The highest BCUT2D eigenvalue weighted by atomic mass is 79.9. The standard InChI is InChI=1S/C18H13BrF3N5O4S/c19-11-6-5-10(31-11)15(29)25-13-14(23)26-17(27-16(13)30)32-7-12(28)24-9-3-1-8(2-4-9)18(20,21)22/h1-6H,7H2,(H,24,28)(H,25,29)(H3,23,26,27,30). The van der Waals surface area contributed by atoms with E-state index >= 15 is 0 Å². The van der Waals surface area contributed by atoms with Crippen molar-refractivity contribution in [2.75, 3.05) is 22.1 Å². The molecule has 32 heavy (non-hydrogen) atoms. The number of rotatable bonds is 6. The van der Waals surface area contributed by atoms with Crippen LogP contribution in [0.2, 0.25) is 0 Å². The second kappa shape index (κ2) is 9.48. The summed E-state index contributed by atoms with van der Waals surface area (Å²) in [6.45, 7) is 0. The van der Waals surface area contributed by atoms with Crippen LogP contribution in [-0.4, -0.2) is 27.5 Å². The first-order chi connectivity index (χ1) is 15.0. The van der Waals surface area contributed by atoms with Gasteiger partial charge in [-0.2, -0.15) is 13.2 Å². The number of nitrogen functional groups attached to an aromatic ring is 1. The summed E-state index contributed by atoms with van der Waals surface area (Å²) < 4.78 is 43.1. The van der Waals surface area contributed by atoms with Gasteiger partial charge >= 0.3 is 6.18 Å². The fourth-order valence-corrected chi connectivity index (χ4v) is 3.32. The molecule has 14 heteroatoms. The molecule has 1 aromatic carbocycles. The number of nitrogens with one attached hydrogen (secondary N) is 3. The number of amides is 2. The smallest absolute Gasteiger partial charge is 0.416 e. The van der Waals surface area contributed by atoms with Crippen molar-refractivity contribution in [1.82, 2.24) is 9.97 Å². The molecular formula is C18H13BrF3N5O4S. The van der Waals surface area contributed by atoms with E-state index in [1.165, 1.54) is 12.1 Å². The number of carbonyl (C=O) groups is 2. The van der Waals surface area contributed by atoms with E-state index in [0.29, 0.717) is 4.67 Å². The monoisotopic (exact) mass is 531 g/mol. The van der Waals surface area contributed by atoms with Crippen LogP contribution in [0.1, 0.15) is 16.1 Å². The van der Waals surface area contributed by atoms with E-state index in [4.69, 9.17) is 10.2 Å². The normalized spacial score (nSPS) is 11.2. The average Bonchev–Trinajstić information content (AvgIpc) is 3.15. The number of anilines is 3. The Kier molecular flexibility index (Phi) is 6.93. The van der Waals surface area contributed by atoms with Crippen molar-refractivity contribution >= 4 is 56.7 Å². The molecule has 0 saturated carbocycles. The molecule has 9 nitrogen and oxygen atoms in total. The Morgan fingerprint density at radius 3 is 2.41 bits per heavy atom. The van der Waals surface area contributed by atoms with E-state index in [9.17, 15) is 27.6 Å². The molecule has 2 aromatic heterocycles. The number of alkyl halides is 3. The van der Waals surface area contributed by atoms with Crippen LogP contribution in [0.25, 0.3) is 0 Å². The molecular weight excluding hydrogens is 519 g/mol. The van der Waals surface area contributed by atoms with Crippen LogP contribution in [0, 0.1) is 0 Å². The molecule has 0 aliphatic rings. The van der Waals surface area contributed by atoms with E-state index in [0.717, 1.165) is 36.0 Å². The maximum absolute atomic E-state index is 12.6. The molecule has 0 aliphatic heterocycles. The van der Waals surface area contributed by atoms with Crippen LogP contribution in [0.15, 0.2) is 55.4 Å². The molecule has 0 spiro atoms. The van der Waals surface area contributed by atoms with Crippen LogP contribution in [0.3, 0.4) is 0 Å². The van der Waals surface area contributed by atoms with Crippen molar-refractivity contribution in [3.63, 3.8) is 0 Å². The van der Waals surface area contributed by atoms with E-state index in [-0.39, 0.29) is 33.9 Å². The minimum absolute atomic E-state index is 0.00816. The lowest BCUT2D eigenvalue weighted by Gasteiger charge is -2.09. The summed E-state index contributed by atoms with van der Waals surface area (Å²) in [7, 11) is 0. The summed E-state index contributed by atoms with van der Waals surface area (Å²) in [5, 5.41) is 4.73. The van der Waals surface area contributed by atoms with Gasteiger partial charge in [-0.15, -0.1) is 0 Å². The number of nitrogens with two attached hydrogens (primary N) is 1. The lowest BCUT2D eigenvalue weighted by molar-refractivity contribution is -0.137. The molecule has 0 saturated heterocycles. The number of thioether (sulfide) groups is 1. The zero-order chi connectivity index (χ0) is 23.5. The van der Waals surface area contributed by atoms with Gasteiger partial charge in [0.2, 0.25) is 5.91 Å². The van der Waals surface area contributed by atoms with Gasteiger partial charge in [-0.25, -0.2) is 4.98 Å². The van der Waals surface area contributed by atoms with Gasteiger partial charge in [0.15, 0.2) is 27.1 Å². The Balaban J connectivity index is 1.60. The lowest BCUT2D eigenvalue weighted by Crippen LogP contribution is -2.23. The Labute approximate surface area is 190 Å². The van der Waals surface area contributed by atoms with E-state index in [2.05, 4.69) is 36.5 Å². The second-order valence-electron chi connectivity index (χ2n) is 6.10. The largest absolute Gasteiger partial charge is 0.444 e. The lowest BCUT2D eigenvalue weighted by atomic mass is 10.2. The van der Waals surface area contributed by atoms with Crippen molar-refractivity contribution in [3.8, 4) is 0 Å². The highest BCUT2D eigenvalue weighted by Gasteiger charge is 2.30. The minimum Gasteiger partial charge on any atom is -0.444 e. The Morgan fingerprint density at radius 1 is 1.16 bits per heavy atom. The number of furan rings is 1. The zero-order valence-corrected chi connectivity index (χ0v) is 18.2. The third-order valence-electron chi connectivity index (χ3n) is 3.80. The molecule has 3 aromatic rings. The van der Waals surface area contributed by atoms with Crippen molar-refractivity contribution in [2.45, 2.75) is 11.3 Å². The van der Waals surface area contributed by atoms with Crippen LogP contribution in [-0.2, 0) is 11.0 Å². The number of aromatic nitrogens is 2. The summed E-state index contributed by atoms with van der Waals surface area (Å²) in [5.74, 6) is -1.81. The van der Waals surface area contributed by atoms with Crippen LogP contribution in [0.5, 0.6) is 0 Å². The fraction of sp³-hybridized carbons (Fsp3) is 0.111. The SMILES string of the molecule is Nc1nc(SCC(=O)Nc2ccc(C(F)(F)F)cc2)[nH]c(=O)c1NC(=O)c1ccc(Br)o1. The molecule has 0 aliphatic carbocycles. The first-order valence-electron chi connectivity index (χ1n) is 8.59. The predicted octanol–water partition coefficient (Wildman–Crippen LogP) is 3.71. The number of H-pyrrole nitrogens is 1. The van der Waals surface area contributed by atoms with Crippen molar-refractivity contribution < 1.29 is 27.2 Å². The summed E-state index contributed by atoms with van der Waals surface area (Å²) >= 11 is 3.89. The van der Waals surface area contributed by atoms with E-state index in [1.54, 1.807) is 0 Å². The summed E-state index contributed by atoms with van der Waals surface area (Å²) in [4.78, 5) is 42.7. The summed E-state index contributed by atoms with van der Waals surface area (Å²) in [6, 6.07) is 6.82. The summed E-state index contributed by atoms with van der Waals surface area (Å²) in [6.07, 6.45) is -4.48. The molecule has 3 rings (SSSR count). The molecule has 0 fully saturated rings. The number of nitrogens with zero attached hydrogens (tertiary/aromatic N) is 1. The van der Waals surface area contributed by atoms with Gasteiger partial charge in [0.05, 0.1) is 11.3 Å². The molecule has 2 heterocycles. The van der Waals surface area contributed by atoms with Gasteiger partial charge in [0.25, 0.3) is 11.5 Å². The molecule has 0 radical (unpaired) electrons. The maximum Gasteiger partial charge on any atom is 0.416 e. The number of hydrogen-bond donors (Lipinski definition) is 4. The van der Waals surface area contributed by atoms with Crippen LogP contribution >= 0.6 is 27.7 Å². The van der Waals surface area contributed by atoms with Gasteiger partial charge in [-0.1, -0.05) is 11.8 Å². The maximum atomic E-state index is 12.6. The topological polar surface area (TPSA) is 143 Å². The predicted molar refractivity (Wildman–Crippen MR) is 114 cm³/mol. The molecule has 168 valence electrons. The minimum atomic E-state index is -4.48. The van der Waals surface area contributed by atoms with E-state index in [1.807, 2.05) is 0 Å². The number of benzene rings is 1. The second-order valence-corrected chi connectivity index (χ2v) is 7.85.